The molecule has 0 radical (unpaired) electrons. The minimum Gasteiger partial charge on any atom is -0.374 e. The molecule has 0 heterocycles. The van der Waals surface area contributed by atoms with Crippen LogP contribution in [0.25, 0.3) is 0 Å². The number of carbonyl (C=O) groups excluding carboxylic acids is 2. The maximum atomic E-state index is 11.8. The number of halogens is 3. The van der Waals surface area contributed by atoms with E-state index in [0.29, 0.717) is 0 Å². The van der Waals surface area contributed by atoms with Crippen molar-refractivity contribution in [3.63, 3.8) is 0 Å². The third-order valence-electron chi connectivity index (χ3n) is 1.20. The van der Waals surface area contributed by atoms with Crippen LogP contribution in [0.2, 0.25) is 0 Å². The molecule has 0 spiro atoms. The Kier molecular flexibility index (Phi) is 2.98. The summed E-state index contributed by atoms with van der Waals surface area (Å²) in [7, 11) is 0. The van der Waals surface area contributed by atoms with E-state index in [1.165, 1.54) is 0 Å². The first kappa shape index (κ1) is 11.1. The average molecular weight is 184 g/mol. The van der Waals surface area contributed by atoms with Crippen molar-refractivity contribution < 1.29 is 27.9 Å². The highest BCUT2D eigenvalue weighted by atomic mass is 19.4. The largest absolute Gasteiger partial charge is 0.424 e. The van der Waals surface area contributed by atoms with Gasteiger partial charge in [-0.2, -0.15) is 13.2 Å². The van der Waals surface area contributed by atoms with Crippen LogP contribution in [0, 0.1) is 0 Å². The van der Waals surface area contributed by atoms with Crippen LogP contribution in [0.5, 0.6) is 0 Å². The number of alkyl halides is 3. The van der Waals surface area contributed by atoms with Gasteiger partial charge in [0.2, 0.25) is 5.60 Å². The van der Waals surface area contributed by atoms with Gasteiger partial charge in [0.25, 0.3) is 0 Å². The van der Waals surface area contributed by atoms with Gasteiger partial charge in [-0.15, -0.1) is 0 Å². The predicted molar refractivity (Wildman–Crippen MR) is 32.4 cm³/mol. The van der Waals surface area contributed by atoms with Crippen LogP contribution in [0.3, 0.4) is 0 Å². The Morgan fingerprint density at radius 3 is 2.00 bits per heavy atom. The molecule has 1 unspecified atom stereocenters. The van der Waals surface area contributed by atoms with Crippen LogP contribution in [0.15, 0.2) is 0 Å². The number of rotatable bonds is 3. The van der Waals surface area contributed by atoms with Gasteiger partial charge in [-0.3, -0.25) is 9.59 Å². The lowest BCUT2D eigenvalue weighted by Crippen LogP contribution is -2.48. The molecule has 0 aliphatic carbocycles. The normalized spacial score (nSPS) is 16.8. The van der Waals surface area contributed by atoms with Gasteiger partial charge in [0.15, 0.2) is 6.29 Å². The summed E-state index contributed by atoms with van der Waals surface area (Å²) in [6.07, 6.45) is -7.01. The standard InChI is InChI=1S/C6H7F3O3/c1-4(11)2-5(12,3-10)6(7,8)9/h3,12H,2H2,1H3. The van der Waals surface area contributed by atoms with Crippen molar-refractivity contribution in [2.24, 2.45) is 0 Å². The summed E-state index contributed by atoms with van der Waals surface area (Å²) in [6, 6.07) is 0. The second-order valence-corrected chi connectivity index (χ2v) is 2.42. The molecule has 0 rings (SSSR count). The first-order valence-corrected chi connectivity index (χ1v) is 2.98. The molecule has 0 bridgehead atoms. The molecule has 0 aliphatic rings. The van der Waals surface area contributed by atoms with Crippen LogP contribution in [-0.4, -0.2) is 29.0 Å². The highest BCUT2D eigenvalue weighted by molar-refractivity contribution is 5.82. The third-order valence-corrected chi connectivity index (χ3v) is 1.20. The van der Waals surface area contributed by atoms with E-state index in [2.05, 4.69) is 0 Å². The Hall–Kier alpha value is -0.910. The fourth-order valence-corrected chi connectivity index (χ4v) is 0.588. The van der Waals surface area contributed by atoms with Gasteiger partial charge in [-0.1, -0.05) is 0 Å². The number of hydrogen-bond donors (Lipinski definition) is 1. The van der Waals surface area contributed by atoms with Crippen LogP contribution >= 0.6 is 0 Å². The van der Waals surface area contributed by atoms with Gasteiger partial charge >= 0.3 is 6.18 Å². The minimum atomic E-state index is -5.10. The summed E-state index contributed by atoms with van der Waals surface area (Å²) in [5, 5.41) is 8.61. The Bertz CT molecular complexity index is 199. The van der Waals surface area contributed by atoms with Crippen LogP contribution in [0.1, 0.15) is 13.3 Å². The monoisotopic (exact) mass is 184 g/mol. The molecule has 6 heteroatoms. The van der Waals surface area contributed by atoms with E-state index in [-0.39, 0.29) is 0 Å². The maximum absolute atomic E-state index is 11.8. The molecule has 0 fully saturated rings. The second kappa shape index (κ2) is 3.22. The fourth-order valence-electron chi connectivity index (χ4n) is 0.588. The second-order valence-electron chi connectivity index (χ2n) is 2.42. The summed E-state index contributed by atoms with van der Waals surface area (Å²) in [5.74, 6) is -0.901. The van der Waals surface area contributed by atoms with Gasteiger partial charge < -0.3 is 5.11 Å². The number of aliphatic hydroxyl groups is 1. The quantitative estimate of drug-likeness (QED) is 0.648. The highest BCUT2D eigenvalue weighted by Crippen LogP contribution is 2.31. The van der Waals surface area contributed by atoms with Gasteiger partial charge in [0.05, 0.1) is 6.42 Å². The average Bonchev–Trinajstić information content (AvgIpc) is 1.83. The number of Topliss-reactive ketones (excluding diaryl/α,β-unsaturated/α-hetero) is 1. The first-order chi connectivity index (χ1) is 5.23. The lowest BCUT2D eigenvalue weighted by Gasteiger charge is -2.22. The van der Waals surface area contributed by atoms with Gasteiger partial charge in [0, 0.05) is 0 Å². The van der Waals surface area contributed by atoms with E-state index in [4.69, 9.17) is 5.11 Å². The van der Waals surface area contributed by atoms with E-state index >= 15 is 0 Å². The van der Waals surface area contributed by atoms with Gasteiger partial charge in [-0.25, -0.2) is 0 Å². The lowest BCUT2D eigenvalue weighted by atomic mass is 9.99. The van der Waals surface area contributed by atoms with E-state index in [1.807, 2.05) is 0 Å². The Labute approximate surface area is 66.2 Å². The molecule has 0 aliphatic heterocycles. The zero-order chi connectivity index (χ0) is 9.99. The van der Waals surface area contributed by atoms with Crippen molar-refractivity contribution in [1.29, 1.82) is 0 Å². The summed E-state index contributed by atoms with van der Waals surface area (Å²) >= 11 is 0. The molecule has 1 atom stereocenters. The van der Waals surface area contributed by atoms with E-state index in [1.54, 1.807) is 0 Å². The number of hydrogen-bond acceptors (Lipinski definition) is 3. The topological polar surface area (TPSA) is 54.4 Å². The molecule has 0 amide bonds. The molecule has 0 aromatic heterocycles. The zero-order valence-corrected chi connectivity index (χ0v) is 6.18. The molecule has 0 saturated heterocycles. The fraction of sp³-hybridized carbons (Fsp3) is 0.667. The van der Waals surface area contributed by atoms with Gasteiger partial charge in [-0.05, 0) is 6.92 Å². The highest BCUT2D eigenvalue weighted by Gasteiger charge is 2.54. The molecule has 0 saturated carbocycles. The Balaban J connectivity index is 4.68. The Morgan fingerprint density at radius 1 is 1.50 bits per heavy atom. The summed E-state index contributed by atoms with van der Waals surface area (Å²) in [4.78, 5) is 20.1. The van der Waals surface area contributed by atoms with Crippen molar-refractivity contribution >= 4 is 12.1 Å². The molecule has 70 valence electrons. The molecular formula is C6H7F3O3. The van der Waals surface area contributed by atoms with Crippen molar-refractivity contribution in [3.05, 3.63) is 0 Å². The first-order valence-electron chi connectivity index (χ1n) is 2.98. The van der Waals surface area contributed by atoms with E-state index in [0.717, 1.165) is 6.92 Å². The van der Waals surface area contributed by atoms with E-state index < -0.39 is 30.3 Å². The summed E-state index contributed by atoms with van der Waals surface area (Å²) in [6.45, 7) is 0.861. The smallest absolute Gasteiger partial charge is 0.374 e. The van der Waals surface area contributed by atoms with Crippen LogP contribution in [0.4, 0.5) is 13.2 Å². The van der Waals surface area contributed by atoms with Crippen LogP contribution < -0.4 is 0 Å². The molecule has 12 heavy (non-hydrogen) atoms. The molecule has 0 aromatic carbocycles. The minimum absolute atomic E-state index is 0.672. The van der Waals surface area contributed by atoms with Crippen molar-refractivity contribution in [2.45, 2.75) is 25.1 Å². The van der Waals surface area contributed by atoms with Crippen molar-refractivity contribution in [2.75, 3.05) is 0 Å². The molecule has 3 nitrogen and oxygen atoms in total. The lowest BCUT2D eigenvalue weighted by molar-refractivity contribution is -0.245. The third kappa shape index (κ3) is 2.30. The SMILES string of the molecule is CC(=O)CC(O)(C=O)C(F)(F)F. The van der Waals surface area contributed by atoms with Gasteiger partial charge in [0.1, 0.15) is 5.78 Å². The zero-order valence-electron chi connectivity index (χ0n) is 6.18. The Morgan fingerprint density at radius 2 is 1.92 bits per heavy atom. The van der Waals surface area contributed by atoms with E-state index in [9.17, 15) is 22.8 Å². The predicted octanol–water partition coefficient (Wildman–Crippen LogP) is 0.458. The van der Waals surface area contributed by atoms with Crippen molar-refractivity contribution in [1.82, 2.24) is 0 Å². The summed E-state index contributed by atoms with van der Waals surface area (Å²) in [5.41, 5.74) is -3.53. The van der Waals surface area contributed by atoms with Crippen LogP contribution in [-0.2, 0) is 9.59 Å². The molecule has 1 N–H and O–H groups in total. The van der Waals surface area contributed by atoms with Crippen molar-refractivity contribution in [3.8, 4) is 0 Å². The summed E-state index contributed by atoms with van der Waals surface area (Å²) < 4.78 is 35.5. The maximum Gasteiger partial charge on any atom is 0.424 e. The number of carbonyl (C=O) groups is 2. The number of aldehydes is 1. The molecule has 0 aromatic rings. The molecular weight excluding hydrogens is 177 g/mol. The number of ketones is 1.